The molecular formula is C16H22N4O3. The van der Waals surface area contributed by atoms with Gasteiger partial charge >= 0.3 is 0 Å². The summed E-state index contributed by atoms with van der Waals surface area (Å²) in [6.07, 6.45) is 3.31. The summed E-state index contributed by atoms with van der Waals surface area (Å²) in [5.74, 6) is 1.86. The number of carbonyl (C=O) groups excluding carboxylic acids is 1. The fourth-order valence-electron chi connectivity index (χ4n) is 2.65. The van der Waals surface area contributed by atoms with E-state index in [9.17, 15) is 4.79 Å². The van der Waals surface area contributed by atoms with Gasteiger partial charge in [-0.25, -0.2) is 0 Å². The van der Waals surface area contributed by atoms with Gasteiger partial charge in [-0.05, 0) is 25.0 Å². The van der Waals surface area contributed by atoms with Crippen LogP contribution >= 0.6 is 0 Å². The molecule has 0 saturated carbocycles. The van der Waals surface area contributed by atoms with Crippen molar-refractivity contribution in [2.75, 3.05) is 25.1 Å². The lowest BCUT2D eigenvalue weighted by Gasteiger charge is -2.21. The minimum Gasteiger partial charge on any atom is -0.490 e. The fraction of sp³-hybridized carbons (Fsp3) is 0.500. The van der Waals surface area contributed by atoms with Gasteiger partial charge in [0.25, 0.3) is 0 Å². The molecule has 1 unspecified atom stereocenters. The molecule has 0 aliphatic carbocycles. The molecule has 1 aromatic carbocycles. The molecule has 3 rings (SSSR count). The standard InChI is InChI=1S/C16H22N4O3/c17-16(18-10-12-3-1-4-15(21)19-12)20-11-5-6-13-14(9-11)23-8-2-7-22-13/h5-6,9,12H,1-4,7-8,10H2,(H,19,21)(H3,17,18,20). The molecule has 2 heterocycles. The summed E-state index contributed by atoms with van der Waals surface area (Å²) < 4.78 is 11.2. The summed E-state index contributed by atoms with van der Waals surface area (Å²) in [5.41, 5.74) is 6.71. The highest BCUT2D eigenvalue weighted by atomic mass is 16.5. The first-order chi connectivity index (χ1) is 11.2. The van der Waals surface area contributed by atoms with Gasteiger partial charge in [0.2, 0.25) is 5.91 Å². The largest absolute Gasteiger partial charge is 0.490 e. The Kier molecular flexibility index (Phi) is 4.85. The second kappa shape index (κ2) is 7.21. The molecule has 2 aliphatic heterocycles. The Morgan fingerprint density at radius 2 is 2.13 bits per heavy atom. The number of piperidine rings is 1. The second-order valence-corrected chi connectivity index (χ2v) is 5.72. The highest BCUT2D eigenvalue weighted by Gasteiger charge is 2.17. The van der Waals surface area contributed by atoms with Crippen LogP contribution in [0.2, 0.25) is 0 Å². The van der Waals surface area contributed by atoms with E-state index < -0.39 is 0 Å². The molecule has 1 amide bonds. The van der Waals surface area contributed by atoms with Crippen LogP contribution in [-0.4, -0.2) is 37.7 Å². The average Bonchev–Trinajstić information content (AvgIpc) is 2.78. The summed E-state index contributed by atoms with van der Waals surface area (Å²) in [6.45, 7) is 1.78. The summed E-state index contributed by atoms with van der Waals surface area (Å²) in [4.78, 5) is 15.6. The summed E-state index contributed by atoms with van der Waals surface area (Å²) >= 11 is 0. The molecule has 124 valence electrons. The molecule has 1 atom stereocenters. The van der Waals surface area contributed by atoms with Crippen LogP contribution in [0.4, 0.5) is 5.69 Å². The van der Waals surface area contributed by atoms with Crippen molar-refractivity contribution in [3.8, 4) is 11.5 Å². The zero-order valence-electron chi connectivity index (χ0n) is 13.0. The predicted octanol–water partition coefficient (Wildman–Crippen LogP) is 1.24. The van der Waals surface area contributed by atoms with E-state index in [0.29, 0.717) is 37.9 Å². The number of rotatable bonds is 3. The normalized spacial score (nSPS) is 21.3. The van der Waals surface area contributed by atoms with E-state index in [1.54, 1.807) is 0 Å². The molecule has 23 heavy (non-hydrogen) atoms. The summed E-state index contributed by atoms with van der Waals surface area (Å²) in [6, 6.07) is 5.65. The van der Waals surface area contributed by atoms with E-state index in [-0.39, 0.29) is 11.9 Å². The molecule has 1 saturated heterocycles. The minimum atomic E-state index is 0.0698. The highest BCUT2D eigenvalue weighted by molar-refractivity contribution is 5.92. The number of nitrogens with two attached hydrogens (primary N) is 1. The predicted molar refractivity (Wildman–Crippen MR) is 87.9 cm³/mol. The maximum Gasteiger partial charge on any atom is 0.220 e. The van der Waals surface area contributed by atoms with E-state index in [0.717, 1.165) is 30.7 Å². The van der Waals surface area contributed by atoms with Crippen LogP contribution in [0.1, 0.15) is 25.7 Å². The molecule has 0 radical (unpaired) electrons. The Morgan fingerprint density at radius 3 is 2.96 bits per heavy atom. The van der Waals surface area contributed by atoms with E-state index in [2.05, 4.69) is 15.6 Å². The highest BCUT2D eigenvalue weighted by Crippen LogP contribution is 2.32. The molecule has 4 N–H and O–H groups in total. The third kappa shape index (κ3) is 4.28. The Hall–Kier alpha value is -2.44. The van der Waals surface area contributed by atoms with Crippen LogP contribution in [0.15, 0.2) is 23.2 Å². The van der Waals surface area contributed by atoms with Crippen molar-refractivity contribution < 1.29 is 14.3 Å². The van der Waals surface area contributed by atoms with Crippen LogP contribution in [0.25, 0.3) is 0 Å². The lowest BCUT2D eigenvalue weighted by atomic mass is 10.0. The number of carbonyl (C=O) groups is 1. The van der Waals surface area contributed by atoms with Gasteiger partial charge in [0, 0.05) is 30.6 Å². The van der Waals surface area contributed by atoms with Crippen LogP contribution < -0.4 is 25.8 Å². The zero-order chi connectivity index (χ0) is 16.1. The zero-order valence-corrected chi connectivity index (χ0v) is 13.0. The van der Waals surface area contributed by atoms with Crippen molar-refractivity contribution in [1.29, 1.82) is 0 Å². The van der Waals surface area contributed by atoms with Gasteiger partial charge in [-0.3, -0.25) is 9.79 Å². The van der Waals surface area contributed by atoms with Gasteiger partial charge in [-0.1, -0.05) is 0 Å². The number of hydrogen-bond donors (Lipinski definition) is 3. The number of nitrogens with zero attached hydrogens (tertiary/aromatic N) is 1. The number of guanidine groups is 1. The van der Waals surface area contributed by atoms with E-state index in [4.69, 9.17) is 15.2 Å². The van der Waals surface area contributed by atoms with E-state index >= 15 is 0 Å². The Balaban J connectivity index is 1.58. The monoisotopic (exact) mass is 318 g/mol. The Morgan fingerprint density at radius 1 is 1.30 bits per heavy atom. The van der Waals surface area contributed by atoms with Crippen molar-refractivity contribution in [2.45, 2.75) is 31.7 Å². The average molecular weight is 318 g/mol. The topological polar surface area (TPSA) is 98.0 Å². The molecule has 0 spiro atoms. The maximum atomic E-state index is 11.3. The van der Waals surface area contributed by atoms with Crippen LogP contribution in [0, 0.1) is 0 Å². The molecule has 1 aromatic rings. The molecule has 0 bridgehead atoms. The second-order valence-electron chi connectivity index (χ2n) is 5.72. The third-order valence-electron chi connectivity index (χ3n) is 3.82. The molecule has 0 aromatic heterocycles. The van der Waals surface area contributed by atoms with E-state index in [1.807, 2.05) is 18.2 Å². The molecule has 7 heteroatoms. The number of hydrogen-bond acceptors (Lipinski definition) is 4. The number of aliphatic imine (C=N–C) groups is 1. The van der Waals surface area contributed by atoms with Crippen LogP contribution in [0.3, 0.4) is 0 Å². The number of benzene rings is 1. The first kappa shape index (κ1) is 15.5. The van der Waals surface area contributed by atoms with Crippen LogP contribution in [-0.2, 0) is 4.79 Å². The van der Waals surface area contributed by atoms with Crippen molar-refractivity contribution in [1.82, 2.24) is 5.32 Å². The molecular weight excluding hydrogens is 296 g/mol. The number of anilines is 1. The molecule has 1 fully saturated rings. The SMILES string of the molecule is NC(=NCC1CCCC(=O)N1)Nc1ccc2c(c1)OCCCO2. The number of fused-ring (bicyclic) bond motifs is 1. The van der Waals surface area contributed by atoms with Gasteiger partial charge in [-0.15, -0.1) is 0 Å². The smallest absolute Gasteiger partial charge is 0.220 e. The lowest BCUT2D eigenvalue weighted by molar-refractivity contribution is -0.123. The molecule has 2 aliphatic rings. The van der Waals surface area contributed by atoms with Crippen molar-refractivity contribution >= 4 is 17.6 Å². The Bertz CT molecular complexity index is 603. The third-order valence-corrected chi connectivity index (χ3v) is 3.82. The number of ether oxygens (including phenoxy) is 2. The Labute approximate surface area is 135 Å². The summed E-state index contributed by atoms with van der Waals surface area (Å²) in [7, 11) is 0. The van der Waals surface area contributed by atoms with E-state index in [1.165, 1.54) is 0 Å². The summed E-state index contributed by atoms with van der Waals surface area (Å²) in [5, 5.41) is 5.96. The minimum absolute atomic E-state index is 0.0698. The van der Waals surface area contributed by atoms with Gasteiger partial charge in [0.15, 0.2) is 17.5 Å². The van der Waals surface area contributed by atoms with Crippen molar-refractivity contribution in [3.05, 3.63) is 18.2 Å². The number of nitrogens with one attached hydrogen (secondary N) is 2. The number of amides is 1. The van der Waals surface area contributed by atoms with Crippen molar-refractivity contribution in [3.63, 3.8) is 0 Å². The first-order valence-corrected chi connectivity index (χ1v) is 7.96. The first-order valence-electron chi connectivity index (χ1n) is 7.96. The van der Waals surface area contributed by atoms with Gasteiger partial charge in [0.1, 0.15) is 0 Å². The fourth-order valence-corrected chi connectivity index (χ4v) is 2.65. The van der Waals surface area contributed by atoms with Crippen LogP contribution in [0.5, 0.6) is 11.5 Å². The molecule has 7 nitrogen and oxygen atoms in total. The van der Waals surface area contributed by atoms with Gasteiger partial charge in [-0.2, -0.15) is 0 Å². The quantitative estimate of drug-likeness (QED) is 0.575. The van der Waals surface area contributed by atoms with Gasteiger partial charge in [0.05, 0.1) is 19.8 Å². The lowest BCUT2D eigenvalue weighted by Crippen LogP contribution is -2.41. The maximum absolute atomic E-state index is 11.3. The van der Waals surface area contributed by atoms with Crippen molar-refractivity contribution in [2.24, 2.45) is 10.7 Å². The van der Waals surface area contributed by atoms with Gasteiger partial charge < -0.3 is 25.8 Å².